The highest BCUT2D eigenvalue weighted by molar-refractivity contribution is 5.86. The Hall–Kier alpha value is -1.56. The number of carbonyl (C=O) groups is 2. The molecule has 17 heavy (non-hydrogen) atoms. The molecule has 0 N–H and O–H groups in total. The highest BCUT2D eigenvalue weighted by Gasteiger charge is 2.05. The Morgan fingerprint density at radius 3 is 2.06 bits per heavy atom. The first-order valence-electron chi connectivity index (χ1n) is 5.27. The maximum absolute atomic E-state index is 10.9. The molecular weight excluding hydrogens is 228 g/mol. The van der Waals surface area contributed by atoms with Crippen molar-refractivity contribution in [1.82, 2.24) is 0 Å². The van der Waals surface area contributed by atoms with Crippen LogP contribution in [0.25, 0.3) is 0 Å². The quantitative estimate of drug-likeness (QED) is 0.365. The summed E-state index contributed by atoms with van der Waals surface area (Å²) in [6.07, 6.45) is -0.809. The molecule has 0 bridgehead atoms. The Balaban J connectivity index is 3.39. The number of esters is 1. The molecule has 0 aromatic heterocycles. The van der Waals surface area contributed by atoms with Crippen LogP contribution >= 0.6 is 0 Å². The highest BCUT2D eigenvalue weighted by atomic mass is 16.7. The summed E-state index contributed by atoms with van der Waals surface area (Å²) >= 11 is 0. The number of carbonyl (C=O) groups excluding carboxylic acids is 2. The van der Waals surface area contributed by atoms with Crippen LogP contribution in [0.1, 0.15) is 13.8 Å². The smallest absolute Gasteiger partial charge is 0.459 e. The molecule has 0 aliphatic heterocycles. The van der Waals surface area contributed by atoms with E-state index in [1.807, 2.05) is 6.92 Å². The van der Waals surface area contributed by atoms with Crippen molar-refractivity contribution < 1.29 is 28.5 Å². The second-order valence-electron chi connectivity index (χ2n) is 3.06. The summed E-state index contributed by atoms with van der Waals surface area (Å²) in [6, 6.07) is 0. The second-order valence-corrected chi connectivity index (χ2v) is 3.06. The van der Waals surface area contributed by atoms with E-state index >= 15 is 0 Å². The lowest BCUT2D eigenvalue weighted by molar-refractivity contribution is -0.140. The van der Waals surface area contributed by atoms with Crippen molar-refractivity contribution >= 4 is 12.1 Å². The third-order valence-corrected chi connectivity index (χ3v) is 1.54. The van der Waals surface area contributed by atoms with Gasteiger partial charge in [0, 0.05) is 12.2 Å². The third-order valence-electron chi connectivity index (χ3n) is 1.54. The average Bonchev–Trinajstić information content (AvgIpc) is 2.29. The van der Waals surface area contributed by atoms with Crippen LogP contribution in [0.15, 0.2) is 12.2 Å². The maximum atomic E-state index is 10.9. The zero-order valence-corrected chi connectivity index (χ0v) is 10.2. The van der Waals surface area contributed by atoms with Crippen LogP contribution in [0, 0.1) is 0 Å². The van der Waals surface area contributed by atoms with Crippen molar-refractivity contribution in [2.24, 2.45) is 0 Å². The van der Waals surface area contributed by atoms with Gasteiger partial charge in [-0.2, -0.15) is 0 Å². The SMILES string of the molecule is C=C(C)C(=O)OCCOC(=O)OCCOCC. The van der Waals surface area contributed by atoms with Gasteiger partial charge in [0.1, 0.15) is 19.8 Å². The van der Waals surface area contributed by atoms with Gasteiger partial charge in [-0.15, -0.1) is 0 Å². The first-order valence-corrected chi connectivity index (χ1v) is 5.27. The molecule has 0 atom stereocenters. The standard InChI is InChI=1S/C11H18O6/c1-4-14-5-6-16-11(13)17-8-7-15-10(12)9(2)3/h2,4-8H2,1,3H3. The van der Waals surface area contributed by atoms with Gasteiger partial charge in [-0.05, 0) is 13.8 Å². The van der Waals surface area contributed by atoms with Crippen LogP contribution in [0.4, 0.5) is 4.79 Å². The predicted octanol–water partition coefficient (Wildman–Crippen LogP) is 1.30. The molecule has 0 unspecified atom stereocenters. The van der Waals surface area contributed by atoms with Crippen LogP contribution in [0.2, 0.25) is 0 Å². The molecular formula is C11H18O6. The summed E-state index contributed by atoms with van der Waals surface area (Å²) in [6.45, 7) is 7.74. The largest absolute Gasteiger partial charge is 0.508 e. The van der Waals surface area contributed by atoms with Gasteiger partial charge in [0.15, 0.2) is 0 Å². The highest BCUT2D eigenvalue weighted by Crippen LogP contribution is 1.92. The van der Waals surface area contributed by atoms with Gasteiger partial charge < -0.3 is 18.9 Å². The van der Waals surface area contributed by atoms with Crippen molar-refractivity contribution in [3.8, 4) is 0 Å². The van der Waals surface area contributed by atoms with E-state index in [4.69, 9.17) is 9.47 Å². The summed E-state index contributed by atoms with van der Waals surface area (Å²) in [5.74, 6) is -0.515. The van der Waals surface area contributed by atoms with E-state index in [0.717, 1.165) is 0 Å². The molecule has 0 fully saturated rings. The van der Waals surface area contributed by atoms with Gasteiger partial charge in [0.25, 0.3) is 0 Å². The van der Waals surface area contributed by atoms with Crippen molar-refractivity contribution in [2.75, 3.05) is 33.0 Å². The number of hydrogen-bond donors (Lipinski definition) is 0. The van der Waals surface area contributed by atoms with Gasteiger partial charge >= 0.3 is 12.1 Å². The van der Waals surface area contributed by atoms with Crippen molar-refractivity contribution in [2.45, 2.75) is 13.8 Å². The van der Waals surface area contributed by atoms with Gasteiger partial charge in [-0.25, -0.2) is 9.59 Å². The molecule has 0 aliphatic rings. The van der Waals surface area contributed by atoms with Crippen molar-refractivity contribution in [3.63, 3.8) is 0 Å². The molecule has 98 valence electrons. The van der Waals surface area contributed by atoms with Gasteiger partial charge in [0.05, 0.1) is 6.61 Å². The van der Waals surface area contributed by atoms with Crippen molar-refractivity contribution in [3.05, 3.63) is 12.2 Å². The fourth-order valence-corrected chi connectivity index (χ4v) is 0.752. The summed E-state index contributed by atoms with van der Waals surface area (Å²) in [5, 5.41) is 0. The van der Waals surface area contributed by atoms with E-state index in [1.54, 1.807) is 0 Å². The van der Waals surface area contributed by atoms with E-state index in [2.05, 4.69) is 16.1 Å². The molecule has 0 aromatic rings. The Kier molecular flexibility index (Phi) is 8.77. The molecule has 0 saturated carbocycles. The van der Waals surface area contributed by atoms with E-state index in [1.165, 1.54) is 6.92 Å². The van der Waals surface area contributed by atoms with Crippen molar-refractivity contribution in [1.29, 1.82) is 0 Å². The Bertz CT molecular complexity index is 261. The molecule has 6 heteroatoms. The topological polar surface area (TPSA) is 71.1 Å². The molecule has 0 radical (unpaired) electrons. The lowest BCUT2D eigenvalue weighted by Crippen LogP contribution is -2.16. The van der Waals surface area contributed by atoms with Gasteiger partial charge in [-0.1, -0.05) is 6.58 Å². The minimum atomic E-state index is -0.809. The van der Waals surface area contributed by atoms with E-state index in [0.29, 0.717) is 18.8 Å². The third kappa shape index (κ3) is 9.37. The minimum absolute atomic E-state index is 0.0216. The summed E-state index contributed by atoms with van der Waals surface area (Å²) in [5.41, 5.74) is 0.296. The number of rotatable bonds is 8. The maximum Gasteiger partial charge on any atom is 0.508 e. The monoisotopic (exact) mass is 246 g/mol. The van der Waals surface area contributed by atoms with Gasteiger partial charge in [0.2, 0.25) is 0 Å². The summed E-state index contributed by atoms with van der Waals surface area (Å²) in [4.78, 5) is 21.8. The molecule has 0 aromatic carbocycles. The normalized spacial score (nSPS) is 9.53. The molecule has 0 amide bonds. The lowest BCUT2D eigenvalue weighted by Gasteiger charge is -2.07. The lowest BCUT2D eigenvalue weighted by atomic mass is 10.4. The fourth-order valence-electron chi connectivity index (χ4n) is 0.752. The van der Waals surface area contributed by atoms with Gasteiger partial charge in [-0.3, -0.25) is 0 Å². The van der Waals surface area contributed by atoms with Crippen LogP contribution in [0.5, 0.6) is 0 Å². The van der Waals surface area contributed by atoms with Crippen LogP contribution < -0.4 is 0 Å². The Morgan fingerprint density at radius 1 is 1.00 bits per heavy atom. The first kappa shape index (κ1) is 15.4. The fraction of sp³-hybridized carbons (Fsp3) is 0.636. The Labute approximate surface area is 100 Å². The second kappa shape index (κ2) is 9.65. The van der Waals surface area contributed by atoms with Crippen LogP contribution in [0.3, 0.4) is 0 Å². The zero-order chi connectivity index (χ0) is 13.1. The predicted molar refractivity (Wildman–Crippen MR) is 59.6 cm³/mol. The molecule has 0 saturated heterocycles. The molecule has 0 aliphatic carbocycles. The molecule has 0 rings (SSSR count). The molecule has 0 heterocycles. The van der Waals surface area contributed by atoms with Crippen LogP contribution in [-0.2, 0) is 23.7 Å². The first-order chi connectivity index (χ1) is 8.07. The molecule has 0 spiro atoms. The average molecular weight is 246 g/mol. The summed E-state index contributed by atoms with van der Waals surface area (Å²) in [7, 11) is 0. The zero-order valence-electron chi connectivity index (χ0n) is 10.2. The number of ether oxygens (including phenoxy) is 4. The minimum Gasteiger partial charge on any atom is -0.459 e. The van der Waals surface area contributed by atoms with Crippen LogP contribution in [-0.4, -0.2) is 45.2 Å². The Morgan fingerprint density at radius 2 is 1.53 bits per heavy atom. The van der Waals surface area contributed by atoms with E-state index in [9.17, 15) is 9.59 Å². The summed E-state index contributed by atoms with van der Waals surface area (Å²) < 4.78 is 18.9. The van der Waals surface area contributed by atoms with E-state index < -0.39 is 12.1 Å². The number of hydrogen-bond acceptors (Lipinski definition) is 6. The molecule has 6 nitrogen and oxygen atoms in total. The van der Waals surface area contributed by atoms with E-state index in [-0.39, 0.29) is 19.8 Å².